The third kappa shape index (κ3) is 7.70. The normalized spacial score (nSPS) is 15.0. The molecule has 0 aliphatic heterocycles. The molecular weight excluding hydrogens is 400 g/mol. The van der Waals surface area contributed by atoms with Gasteiger partial charge < -0.3 is 15.0 Å². The predicted octanol–water partition coefficient (Wildman–Crippen LogP) is 4.75. The molecule has 2 aromatic carbocycles. The van der Waals surface area contributed by atoms with Crippen LogP contribution < -0.4 is 10.1 Å². The van der Waals surface area contributed by atoms with Gasteiger partial charge in [-0.05, 0) is 50.3 Å². The van der Waals surface area contributed by atoms with Crippen molar-refractivity contribution in [3.8, 4) is 5.75 Å². The molecule has 172 valence electrons. The summed E-state index contributed by atoms with van der Waals surface area (Å²) in [7, 11) is 0. The quantitative estimate of drug-likeness (QED) is 0.517. The Hall–Kier alpha value is -2.82. The van der Waals surface area contributed by atoms with Gasteiger partial charge in [0.1, 0.15) is 11.8 Å². The fourth-order valence-corrected chi connectivity index (χ4v) is 4.21. The zero-order chi connectivity index (χ0) is 22.6. The van der Waals surface area contributed by atoms with E-state index in [4.69, 9.17) is 4.74 Å². The SMILES string of the molecule is C[C@H](C(=O)NC1CCCCC1)N(CCc1ccccc1)C(=O)CCCOc1ccccc1. The Bertz CT molecular complexity index is 819. The molecule has 0 saturated heterocycles. The second-order valence-electron chi connectivity index (χ2n) is 8.61. The second kappa shape index (κ2) is 12.9. The monoisotopic (exact) mass is 436 g/mol. The average Bonchev–Trinajstić information content (AvgIpc) is 2.84. The summed E-state index contributed by atoms with van der Waals surface area (Å²) in [6.07, 6.45) is 7.35. The summed E-state index contributed by atoms with van der Waals surface area (Å²) in [5, 5.41) is 3.18. The number of carbonyl (C=O) groups excluding carboxylic acids is 2. The van der Waals surface area contributed by atoms with Crippen molar-refractivity contribution in [2.45, 2.75) is 70.4 Å². The van der Waals surface area contributed by atoms with Crippen molar-refractivity contribution in [2.75, 3.05) is 13.2 Å². The molecule has 32 heavy (non-hydrogen) atoms. The summed E-state index contributed by atoms with van der Waals surface area (Å²) in [6.45, 7) is 2.86. The molecule has 0 radical (unpaired) electrons. The number of amides is 2. The summed E-state index contributed by atoms with van der Waals surface area (Å²) in [5.74, 6) is 0.767. The summed E-state index contributed by atoms with van der Waals surface area (Å²) >= 11 is 0. The summed E-state index contributed by atoms with van der Waals surface area (Å²) in [4.78, 5) is 27.8. The zero-order valence-electron chi connectivity index (χ0n) is 19.2. The number of benzene rings is 2. The third-order valence-corrected chi connectivity index (χ3v) is 6.15. The molecular formula is C27H36N2O3. The van der Waals surface area contributed by atoms with E-state index in [1.54, 1.807) is 4.90 Å². The Labute approximate surface area is 192 Å². The lowest BCUT2D eigenvalue weighted by Crippen LogP contribution is -2.51. The largest absolute Gasteiger partial charge is 0.494 e. The van der Waals surface area contributed by atoms with Gasteiger partial charge >= 0.3 is 0 Å². The lowest BCUT2D eigenvalue weighted by Gasteiger charge is -2.31. The number of hydrogen-bond donors (Lipinski definition) is 1. The molecule has 2 aromatic rings. The second-order valence-corrected chi connectivity index (χ2v) is 8.61. The molecule has 0 heterocycles. The van der Waals surface area contributed by atoms with Gasteiger partial charge in [-0.1, -0.05) is 67.8 Å². The standard InChI is InChI=1S/C27H36N2O3/c1-22(27(31)28-24-14-7-3-8-15-24)29(20-19-23-12-5-2-6-13-23)26(30)18-11-21-32-25-16-9-4-10-17-25/h2,4-6,9-10,12-13,16-17,22,24H,3,7-8,11,14-15,18-21H2,1H3,(H,28,31)/t22-/m1/s1. The Kier molecular flexibility index (Phi) is 9.60. The van der Waals surface area contributed by atoms with Crippen molar-refractivity contribution in [1.82, 2.24) is 10.2 Å². The first-order chi connectivity index (χ1) is 15.6. The van der Waals surface area contributed by atoms with Crippen molar-refractivity contribution < 1.29 is 14.3 Å². The fraction of sp³-hybridized carbons (Fsp3) is 0.481. The Balaban J connectivity index is 1.55. The zero-order valence-corrected chi connectivity index (χ0v) is 19.2. The molecule has 0 bridgehead atoms. The summed E-state index contributed by atoms with van der Waals surface area (Å²) < 4.78 is 5.72. The Morgan fingerprint density at radius 3 is 2.34 bits per heavy atom. The van der Waals surface area contributed by atoms with Gasteiger partial charge in [-0.2, -0.15) is 0 Å². The first kappa shape index (κ1) is 23.8. The van der Waals surface area contributed by atoms with Crippen LogP contribution in [0.5, 0.6) is 5.75 Å². The van der Waals surface area contributed by atoms with Gasteiger partial charge in [-0.25, -0.2) is 0 Å². The van der Waals surface area contributed by atoms with Crippen LogP contribution in [0.25, 0.3) is 0 Å². The van der Waals surface area contributed by atoms with Crippen molar-refractivity contribution in [1.29, 1.82) is 0 Å². The topological polar surface area (TPSA) is 58.6 Å². The Morgan fingerprint density at radius 1 is 1.00 bits per heavy atom. The maximum atomic E-state index is 13.1. The first-order valence-electron chi connectivity index (χ1n) is 11.9. The van der Waals surface area contributed by atoms with E-state index < -0.39 is 6.04 Å². The lowest BCUT2D eigenvalue weighted by molar-refractivity contribution is -0.140. The minimum Gasteiger partial charge on any atom is -0.494 e. The number of nitrogens with one attached hydrogen (secondary N) is 1. The van der Waals surface area contributed by atoms with Crippen LogP contribution in [0.3, 0.4) is 0 Å². The van der Waals surface area contributed by atoms with Crippen molar-refractivity contribution in [2.24, 2.45) is 0 Å². The first-order valence-corrected chi connectivity index (χ1v) is 11.9. The van der Waals surface area contributed by atoms with Gasteiger partial charge in [0.2, 0.25) is 11.8 Å². The molecule has 1 atom stereocenters. The van der Waals surface area contributed by atoms with Crippen LogP contribution >= 0.6 is 0 Å². The van der Waals surface area contributed by atoms with Crippen LogP contribution in [0.4, 0.5) is 0 Å². The highest BCUT2D eigenvalue weighted by Crippen LogP contribution is 2.18. The molecule has 0 aromatic heterocycles. The van der Waals surface area contributed by atoms with Gasteiger partial charge in [-0.15, -0.1) is 0 Å². The molecule has 1 aliphatic carbocycles. The van der Waals surface area contributed by atoms with Crippen molar-refractivity contribution >= 4 is 11.8 Å². The van der Waals surface area contributed by atoms with E-state index >= 15 is 0 Å². The van der Waals surface area contributed by atoms with Crippen molar-refractivity contribution in [3.63, 3.8) is 0 Å². The number of nitrogens with zero attached hydrogens (tertiary/aromatic N) is 1. The van der Waals surface area contributed by atoms with E-state index in [9.17, 15) is 9.59 Å². The molecule has 2 amide bonds. The van der Waals surface area contributed by atoms with Crippen LogP contribution in [-0.2, 0) is 16.0 Å². The molecule has 1 fully saturated rings. The van der Waals surface area contributed by atoms with Gasteiger partial charge in [0.05, 0.1) is 6.61 Å². The van der Waals surface area contributed by atoms with Gasteiger partial charge in [0.25, 0.3) is 0 Å². The minimum absolute atomic E-state index is 0.00360. The van der Waals surface area contributed by atoms with Crippen LogP contribution in [0.2, 0.25) is 0 Å². The fourth-order valence-electron chi connectivity index (χ4n) is 4.21. The van der Waals surface area contributed by atoms with Crippen LogP contribution in [0.1, 0.15) is 57.4 Å². The number of carbonyl (C=O) groups is 2. The highest BCUT2D eigenvalue weighted by molar-refractivity contribution is 5.87. The van der Waals surface area contributed by atoms with Gasteiger partial charge in [0.15, 0.2) is 0 Å². The molecule has 3 rings (SSSR count). The summed E-state index contributed by atoms with van der Waals surface area (Å²) in [6, 6.07) is 19.5. The van der Waals surface area contributed by atoms with Crippen molar-refractivity contribution in [3.05, 3.63) is 66.2 Å². The number of ether oxygens (including phenoxy) is 1. The summed E-state index contributed by atoms with van der Waals surface area (Å²) in [5.41, 5.74) is 1.16. The van der Waals surface area contributed by atoms with E-state index in [1.807, 2.05) is 55.5 Å². The van der Waals surface area contributed by atoms with Crippen LogP contribution in [0.15, 0.2) is 60.7 Å². The number of rotatable bonds is 11. The van der Waals surface area contributed by atoms with E-state index in [0.29, 0.717) is 26.0 Å². The third-order valence-electron chi connectivity index (χ3n) is 6.15. The van der Waals surface area contributed by atoms with Crippen LogP contribution in [0, 0.1) is 0 Å². The van der Waals surface area contributed by atoms with Crippen LogP contribution in [-0.4, -0.2) is 41.9 Å². The molecule has 5 heteroatoms. The number of hydrogen-bond acceptors (Lipinski definition) is 3. The van der Waals surface area contributed by atoms with Gasteiger partial charge in [0, 0.05) is 19.0 Å². The van der Waals surface area contributed by atoms with E-state index in [0.717, 1.165) is 43.4 Å². The molecule has 1 N–H and O–H groups in total. The highest BCUT2D eigenvalue weighted by Gasteiger charge is 2.27. The molecule has 1 aliphatic rings. The van der Waals surface area contributed by atoms with E-state index in [2.05, 4.69) is 17.4 Å². The minimum atomic E-state index is -0.483. The molecule has 0 unspecified atom stereocenters. The smallest absolute Gasteiger partial charge is 0.242 e. The maximum absolute atomic E-state index is 13.1. The Morgan fingerprint density at radius 2 is 1.66 bits per heavy atom. The highest BCUT2D eigenvalue weighted by atomic mass is 16.5. The average molecular weight is 437 g/mol. The predicted molar refractivity (Wildman–Crippen MR) is 128 cm³/mol. The van der Waals surface area contributed by atoms with Gasteiger partial charge in [-0.3, -0.25) is 9.59 Å². The maximum Gasteiger partial charge on any atom is 0.242 e. The lowest BCUT2D eigenvalue weighted by atomic mass is 9.95. The molecule has 1 saturated carbocycles. The van der Waals surface area contributed by atoms with E-state index in [1.165, 1.54) is 6.42 Å². The molecule has 0 spiro atoms. The van der Waals surface area contributed by atoms with E-state index in [-0.39, 0.29) is 17.9 Å². The molecule has 5 nitrogen and oxygen atoms in total. The number of para-hydroxylation sites is 1.